The maximum absolute atomic E-state index is 12.2. The molecule has 0 spiro atoms. The second-order valence-electron chi connectivity index (χ2n) is 5.42. The van der Waals surface area contributed by atoms with Gasteiger partial charge in [0.25, 0.3) is 0 Å². The summed E-state index contributed by atoms with van der Waals surface area (Å²) in [6, 6.07) is 5.36. The molecule has 22 heavy (non-hydrogen) atoms. The second kappa shape index (κ2) is 6.85. The molecule has 1 fully saturated rings. The molecule has 0 aromatic heterocycles. The Morgan fingerprint density at radius 2 is 2.18 bits per heavy atom. The lowest BCUT2D eigenvalue weighted by molar-refractivity contribution is 0.0407. The molecule has 1 atom stereocenters. The van der Waals surface area contributed by atoms with Gasteiger partial charge in [-0.25, -0.2) is 4.79 Å². The number of hydrogen-bond acceptors (Lipinski definition) is 6. The lowest BCUT2D eigenvalue weighted by atomic mass is 10.1. The first-order valence-electron chi connectivity index (χ1n) is 7.13. The van der Waals surface area contributed by atoms with Crippen molar-refractivity contribution in [1.29, 1.82) is 0 Å². The van der Waals surface area contributed by atoms with Crippen LogP contribution in [0.1, 0.15) is 12.5 Å². The van der Waals surface area contributed by atoms with E-state index in [2.05, 4.69) is 5.32 Å². The maximum Gasteiger partial charge on any atom is 0.411 e. The molecule has 1 aliphatic rings. The van der Waals surface area contributed by atoms with Crippen molar-refractivity contribution in [1.82, 2.24) is 10.2 Å². The van der Waals surface area contributed by atoms with E-state index in [1.807, 2.05) is 6.07 Å². The molecule has 0 radical (unpaired) electrons. The fraction of sp³-hybridized carbons (Fsp3) is 0.533. The van der Waals surface area contributed by atoms with Crippen LogP contribution in [-0.2, 0) is 11.3 Å². The molecule has 7 nitrogen and oxygen atoms in total. The van der Waals surface area contributed by atoms with E-state index in [4.69, 9.17) is 19.9 Å². The van der Waals surface area contributed by atoms with Crippen LogP contribution < -0.4 is 20.5 Å². The van der Waals surface area contributed by atoms with Gasteiger partial charge in [0.2, 0.25) is 0 Å². The minimum absolute atomic E-state index is 0.117. The minimum atomic E-state index is -0.751. The lowest BCUT2D eigenvalue weighted by Gasteiger charge is -2.41. The summed E-state index contributed by atoms with van der Waals surface area (Å²) >= 11 is 0. The van der Waals surface area contributed by atoms with E-state index in [1.54, 1.807) is 38.2 Å². The molecule has 1 aromatic carbocycles. The highest BCUT2D eigenvalue weighted by Crippen LogP contribution is 2.25. The van der Waals surface area contributed by atoms with E-state index in [1.165, 1.54) is 0 Å². The summed E-state index contributed by atoms with van der Waals surface area (Å²) in [6.07, 6.45) is -0.427. The van der Waals surface area contributed by atoms with Gasteiger partial charge in [-0.15, -0.1) is 0 Å². The smallest absolute Gasteiger partial charge is 0.411 e. The van der Waals surface area contributed by atoms with Crippen molar-refractivity contribution in [2.24, 2.45) is 5.73 Å². The lowest BCUT2D eigenvalue weighted by Crippen LogP contribution is -2.66. The van der Waals surface area contributed by atoms with Gasteiger partial charge in [-0.3, -0.25) is 4.90 Å². The Labute approximate surface area is 130 Å². The summed E-state index contributed by atoms with van der Waals surface area (Å²) in [5, 5.41) is 3.16. The molecule has 3 N–H and O–H groups in total. The molecule has 0 aliphatic carbocycles. The van der Waals surface area contributed by atoms with Crippen LogP contribution in [0.4, 0.5) is 4.79 Å². The number of nitrogens with one attached hydrogen (secondary N) is 1. The number of methoxy groups -OCH3 is 2. The number of carbonyl (C=O) groups is 1. The highest BCUT2D eigenvalue weighted by Gasteiger charge is 2.35. The number of nitrogens with two attached hydrogens (primary N) is 1. The monoisotopic (exact) mass is 309 g/mol. The van der Waals surface area contributed by atoms with Crippen molar-refractivity contribution in [3.8, 4) is 11.5 Å². The van der Waals surface area contributed by atoms with Crippen LogP contribution in [0.3, 0.4) is 0 Å². The number of piperazine rings is 1. The van der Waals surface area contributed by atoms with E-state index in [0.717, 1.165) is 5.56 Å². The van der Waals surface area contributed by atoms with Gasteiger partial charge >= 0.3 is 6.09 Å². The van der Waals surface area contributed by atoms with Crippen LogP contribution in [-0.4, -0.2) is 50.5 Å². The van der Waals surface area contributed by atoms with E-state index in [0.29, 0.717) is 31.1 Å². The third-order valence-corrected chi connectivity index (χ3v) is 3.68. The third-order valence-electron chi connectivity index (χ3n) is 3.68. The summed E-state index contributed by atoms with van der Waals surface area (Å²) < 4.78 is 15.8. The Morgan fingerprint density at radius 3 is 2.82 bits per heavy atom. The molecule has 1 aliphatic heterocycles. The number of benzene rings is 1. The molecule has 0 bridgehead atoms. The molecule has 1 amide bonds. The van der Waals surface area contributed by atoms with Crippen molar-refractivity contribution >= 4 is 6.09 Å². The molecule has 0 saturated carbocycles. The highest BCUT2D eigenvalue weighted by atomic mass is 16.6. The van der Waals surface area contributed by atoms with Crippen molar-refractivity contribution < 1.29 is 19.0 Å². The number of carbonyl (C=O) groups excluding carboxylic acids is 1. The maximum atomic E-state index is 12.2. The minimum Gasteiger partial charge on any atom is -0.497 e. The standard InChI is InChI=1S/C15H23N3O4/c1-15(16)10-17-6-7-18(15)14(19)22-9-11-4-5-12(20-2)8-13(11)21-3/h4-5,8,17H,6-7,9-10,16H2,1-3H3. The van der Waals surface area contributed by atoms with Gasteiger partial charge in [0.15, 0.2) is 0 Å². The van der Waals surface area contributed by atoms with Crippen LogP contribution in [0.15, 0.2) is 18.2 Å². The molecule has 1 saturated heterocycles. The van der Waals surface area contributed by atoms with Crippen molar-refractivity contribution in [3.63, 3.8) is 0 Å². The van der Waals surface area contributed by atoms with Gasteiger partial charge in [-0.2, -0.15) is 0 Å². The van der Waals surface area contributed by atoms with E-state index >= 15 is 0 Å². The number of ether oxygens (including phenoxy) is 3. The summed E-state index contributed by atoms with van der Waals surface area (Å²) in [5.41, 5.74) is 6.13. The van der Waals surface area contributed by atoms with Gasteiger partial charge in [0.1, 0.15) is 23.8 Å². The fourth-order valence-electron chi connectivity index (χ4n) is 2.37. The van der Waals surface area contributed by atoms with Crippen LogP contribution in [0.25, 0.3) is 0 Å². The topological polar surface area (TPSA) is 86.1 Å². The third kappa shape index (κ3) is 3.61. The van der Waals surface area contributed by atoms with Crippen LogP contribution in [0.5, 0.6) is 11.5 Å². The normalized spacial score (nSPS) is 21.4. The van der Waals surface area contributed by atoms with Crippen LogP contribution in [0, 0.1) is 0 Å². The molecular weight excluding hydrogens is 286 g/mol. The van der Waals surface area contributed by atoms with Crippen molar-refractivity contribution in [2.75, 3.05) is 33.9 Å². The zero-order valence-electron chi connectivity index (χ0n) is 13.2. The first-order chi connectivity index (χ1) is 10.5. The van der Waals surface area contributed by atoms with Gasteiger partial charge < -0.3 is 25.3 Å². The van der Waals surface area contributed by atoms with Gasteiger partial charge in [0, 0.05) is 31.3 Å². The highest BCUT2D eigenvalue weighted by molar-refractivity contribution is 5.69. The molecular formula is C15H23N3O4. The van der Waals surface area contributed by atoms with Crippen LogP contribution in [0.2, 0.25) is 0 Å². The molecule has 7 heteroatoms. The molecule has 1 unspecified atom stereocenters. The zero-order valence-corrected chi connectivity index (χ0v) is 13.2. The van der Waals surface area contributed by atoms with Gasteiger partial charge in [0.05, 0.1) is 14.2 Å². The number of hydrogen-bond donors (Lipinski definition) is 2. The summed E-state index contributed by atoms with van der Waals surface area (Å²) in [6.45, 7) is 3.67. The number of nitrogens with zero attached hydrogens (tertiary/aromatic N) is 1. The van der Waals surface area contributed by atoms with Crippen molar-refractivity contribution in [2.45, 2.75) is 19.2 Å². The Balaban J connectivity index is 2.02. The predicted octanol–water partition coefficient (Wildman–Crippen LogP) is 0.920. The number of rotatable bonds is 4. The molecule has 122 valence electrons. The van der Waals surface area contributed by atoms with Gasteiger partial charge in [-0.1, -0.05) is 0 Å². The SMILES string of the molecule is COc1ccc(COC(=O)N2CCNCC2(C)N)c(OC)c1. The van der Waals surface area contributed by atoms with Gasteiger partial charge in [-0.05, 0) is 19.1 Å². The average Bonchev–Trinajstić information content (AvgIpc) is 2.52. The Kier molecular flexibility index (Phi) is 5.10. The number of amides is 1. The van der Waals surface area contributed by atoms with E-state index in [9.17, 15) is 4.79 Å². The fourth-order valence-corrected chi connectivity index (χ4v) is 2.37. The zero-order chi connectivity index (χ0) is 16.2. The Morgan fingerprint density at radius 1 is 1.41 bits per heavy atom. The largest absolute Gasteiger partial charge is 0.497 e. The molecule has 2 rings (SSSR count). The average molecular weight is 309 g/mol. The Hall–Kier alpha value is -1.99. The van der Waals surface area contributed by atoms with Crippen LogP contribution >= 0.6 is 0 Å². The van der Waals surface area contributed by atoms with E-state index in [-0.39, 0.29) is 6.61 Å². The summed E-state index contributed by atoms with van der Waals surface area (Å²) in [7, 11) is 3.15. The predicted molar refractivity (Wildman–Crippen MR) is 81.9 cm³/mol. The molecule has 1 heterocycles. The Bertz CT molecular complexity index is 534. The van der Waals surface area contributed by atoms with Crippen molar-refractivity contribution in [3.05, 3.63) is 23.8 Å². The first kappa shape index (κ1) is 16.4. The van der Waals surface area contributed by atoms with E-state index < -0.39 is 11.8 Å². The molecule has 1 aromatic rings. The summed E-state index contributed by atoms with van der Waals surface area (Å²) in [4.78, 5) is 13.8. The summed E-state index contributed by atoms with van der Waals surface area (Å²) in [5.74, 6) is 1.30. The quantitative estimate of drug-likeness (QED) is 0.860. The first-order valence-corrected chi connectivity index (χ1v) is 7.13. The second-order valence-corrected chi connectivity index (χ2v) is 5.42.